The van der Waals surface area contributed by atoms with E-state index in [4.69, 9.17) is 4.74 Å². The van der Waals surface area contributed by atoms with E-state index < -0.39 is 0 Å². The van der Waals surface area contributed by atoms with Crippen LogP contribution < -0.4 is 4.74 Å². The third-order valence-corrected chi connectivity index (χ3v) is 2.71. The summed E-state index contributed by atoms with van der Waals surface area (Å²) in [5, 5.41) is 0. The number of carbonyl (C=O) groups is 1. The van der Waals surface area contributed by atoms with Crippen molar-refractivity contribution in [2.45, 2.75) is 13.8 Å². The van der Waals surface area contributed by atoms with Crippen LogP contribution in [0.5, 0.6) is 5.88 Å². The lowest BCUT2D eigenvalue weighted by atomic mass is 10.3. The van der Waals surface area contributed by atoms with Gasteiger partial charge in [0.1, 0.15) is 6.61 Å². The highest BCUT2D eigenvalue weighted by Crippen LogP contribution is 2.10. The minimum absolute atomic E-state index is 0.383. The van der Waals surface area contributed by atoms with E-state index in [0.717, 1.165) is 19.6 Å². The van der Waals surface area contributed by atoms with Gasteiger partial charge < -0.3 is 14.4 Å². The molecule has 0 bridgehead atoms. The summed E-state index contributed by atoms with van der Waals surface area (Å²) in [6.07, 6.45) is 1.54. The molecule has 1 aromatic heterocycles. The minimum Gasteiger partial charge on any atom is -0.476 e. The van der Waals surface area contributed by atoms with Crippen molar-refractivity contribution in [1.82, 2.24) is 9.88 Å². The van der Waals surface area contributed by atoms with Crippen LogP contribution in [0.2, 0.25) is 0 Å². The van der Waals surface area contributed by atoms with Gasteiger partial charge in [-0.2, -0.15) is 0 Å². The number of pyridine rings is 1. The standard InChI is InChI=1S/C13H20N2O3/c1-4-15(5-2)8-9-18-12-10-11(6-7-14-12)13(16)17-3/h6-7,10H,4-5,8-9H2,1-3H3. The second-order valence-electron chi connectivity index (χ2n) is 3.75. The van der Waals surface area contributed by atoms with Crippen molar-refractivity contribution < 1.29 is 14.3 Å². The van der Waals surface area contributed by atoms with Crippen molar-refractivity contribution in [3.63, 3.8) is 0 Å². The van der Waals surface area contributed by atoms with Crippen LogP contribution in [-0.4, -0.2) is 49.2 Å². The molecule has 18 heavy (non-hydrogen) atoms. The second-order valence-corrected chi connectivity index (χ2v) is 3.75. The maximum absolute atomic E-state index is 11.3. The Balaban J connectivity index is 2.50. The highest BCUT2D eigenvalue weighted by Gasteiger charge is 2.07. The molecule has 1 heterocycles. The van der Waals surface area contributed by atoms with Crippen LogP contribution in [0, 0.1) is 0 Å². The van der Waals surface area contributed by atoms with Crippen LogP contribution in [-0.2, 0) is 4.74 Å². The highest BCUT2D eigenvalue weighted by molar-refractivity contribution is 5.89. The first kappa shape index (κ1) is 14.4. The van der Waals surface area contributed by atoms with E-state index in [1.807, 2.05) is 0 Å². The van der Waals surface area contributed by atoms with E-state index in [0.29, 0.717) is 18.1 Å². The number of likely N-dealkylation sites (N-methyl/N-ethyl adjacent to an activating group) is 1. The van der Waals surface area contributed by atoms with E-state index in [1.54, 1.807) is 18.3 Å². The molecule has 0 fully saturated rings. The summed E-state index contributed by atoms with van der Waals surface area (Å²) in [7, 11) is 1.35. The quantitative estimate of drug-likeness (QED) is 0.690. The maximum Gasteiger partial charge on any atom is 0.338 e. The van der Waals surface area contributed by atoms with E-state index in [9.17, 15) is 4.79 Å². The summed E-state index contributed by atoms with van der Waals surface area (Å²) in [6, 6.07) is 3.19. The lowest BCUT2D eigenvalue weighted by Gasteiger charge is -2.17. The molecule has 0 aliphatic carbocycles. The van der Waals surface area contributed by atoms with Crippen molar-refractivity contribution >= 4 is 5.97 Å². The Morgan fingerprint density at radius 3 is 2.72 bits per heavy atom. The number of nitrogens with zero attached hydrogens (tertiary/aromatic N) is 2. The monoisotopic (exact) mass is 252 g/mol. The minimum atomic E-state index is -0.383. The van der Waals surface area contributed by atoms with Crippen LogP contribution in [0.1, 0.15) is 24.2 Å². The zero-order chi connectivity index (χ0) is 13.4. The van der Waals surface area contributed by atoms with Crippen LogP contribution in [0.25, 0.3) is 0 Å². The molecule has 0 saturated carbocycles. The maximum atomic E-state index is 11.3. The Bertz CT molecular complexity index is 378. The summed E-state index contributed by atoms with van der Waals surface area (Å²) in [4.78, 5) is 17.6. The van der Waals surface area contributed by atoms with Crippen LogP contribution in [0.15, 0.2) is 18.3 Å². The molecule has 0 N–H and O–H groups in total. The molecule has 0 spiro atoms. The van der Waals surface area contributed by atoms with E-state index >= 15 is 0 Å². The van der Waals surface area contributed by atoms with Gasteiger partial charge in [-0.05, 0) is 19.2 Å². The first-order valence-electron chi connectivity index (χ1n) is 6.10. The summed E-state index contributed by atoms with van der Waals surface area (Å²) < 4.78 is 10.2. The van der Waals surface area contributed by atoms with Crippen molar-refractivity contribution in [2.75, 3.05) is 33.4 Å². The number of rotatable bonds is 7. The van der Waals surface area contributed by atoms with Crippen molar-refractivity contribution in [2.24, 2.45) is 0 Å². The molecule has 1 aromatic rings. The molecule has 0 radical (unpaired) electrons. The van der Waals surface area contributed by atoms with Crippen molar-refractivity contribution in [1.29, 1.82) is 0 Å². The molecule has 0 aliphatic rings. The van der Waals surface area contributed by atoms with Gasteiger partial charge >= 0.3 is 5.97 Å². The molecule has 0 aliphatic heterocycles. The number of esters is 1. The van der Waals surface area contributed by atoms with Crippen molar-refractivity contribution in [3.05, 3.63) is 23.9 Å². The second kappa shape index (κ2) is 7.66. The number of ether oxygens (including phenoxy) is 2. The Hall–Kier alpha value is -1.62. The molecule has 0 unspecified atom stereocenters. The van der Waals surface area contributed by atoms with Gasteiger partial charge in [0.25, 0.3) is 0 Å². The summed E-state index contributed by atoms with van der Waals surface area (Å²) in [5.74, 6) is 0.0658. The van der Waals surface area contributed by atoms with Crippen molar-refractivity contribution in [3.8, 4) is 5.88 Å². The van der Waals surface area contributed by atoms with Gasteiger partial charge in [0.2, 0.25) is 5.88 Å². The third-order valence-electron chi connectivity index (χ3n) is 2.71. The average molecular weight is 252 g/mol. The molecule has 0 atom stereocenters. The van der Waals surface area contributed by atoms with Gasteiger partial charge in [0.05, 0.1) is 12.7 Å². The fraction of sp³-hybridized carbons (Fsp3) is 0.538. The van der Waals surface area contributed by atoms with Crippen LogP contribution in [0.3, 0.4) is 0 Å². The van der Waals surface area contributed by atoms with Gasteiger partial charge in [-0.25, -0.2) is 9.78 Å². The molecule has 5 heteroatoms. The molecule has 100 valence electrons. The predicted octanol–water partition coefficient (Wildman–Crippen LogP) is 1.59. The first-order chi connectivity index (χ1) is 8.71. The number of methoxy groups -OCH3 is 1. The largest absolute Gasteiger partial charge is 0.476 e. The number of hydrogen-bond acceptors (Lipinski definition) is 5. The fourth-order valence-corrected chi connectivity index (χ4v) is 1.55. The van der Waals surface area contributed by atoms with Gasteiger partial charge in [0.15, 0.2) is 0 Å². The Kier molecular flexibility index (Phi) is 6.14. The summed E-state index contributed by atoms with van der Waals surface area (Å²) in [6.45, 7) is 7.61. The van der Waals surface area contributed by atoms with E-state index in [2.05, 4.69) is 28.5 Å². The molecular formula is C13H20N2O3. The lowest BCUT2D eigenvalue weighted by molar-refractivity contribution is 0.0600. The number of aromatic nitrogens is 1. The van der Waals surface area contributed by atoms with E-state index in [-0.39, 0.29) is 5.97 Å². The Morgan fingerprint density at radius 2 is 2.11 bits per heavy atom. The number of carbonyl (C=O) groups excluding carboxylic acids is 1. The van der Waals surface area contributed by atoms with Gasteiger partial charge in [-0.3, -0.25) is 0 Å². The van der Waals surface area contributed by atoms with Crippen LogP contribution in [0.4, 0.5) is 0 Å². The smallest absolute Gasteiger partial charge is 0.338 e. The molecule has 0 aromatic carbocycles. The average Bonchev–Trinajstić information content (AvgIpc) is 2.43. The molecule has 0 saturated heterocycles. The Morgan fingerprint density at radius 1 is 1.39 bits per heavy atom. The first-order valence-corrected chi connectivity index (χ1v) is 6.10. The molecule has 5 nitrogen and oxygen atoms in total. The molecule has 0 amide bonds. The summed E-state index contributed by atoms with van der Waals surface area (Å²) >= 11 is 0. The normalized spacial score (nSPS) is 10.4. The SMILES string of the molecule is CCN(CC)CCOc1cc(C(=O)OC)ccn1. The van der Waals surface area contributed by atoms with E-state index in [1.165, 1.54) is 7.11 Å². The predicted molar refractivity (Wildman–Crippen MR) is 68.9 cm³/mol. The Labute approximate surface area is 108 Å². The third kappa shape index (κ3) is 4.33. The van der Waals surface area contributed by atoms with Crippen LogP contribution >= 0.6 is 0 Å². The van der Waals surface area contributed by atoms with Gasteiger partial charge in [-0.15, -0.1) is 0 Å². The zero-order valence-electron chi connectivity index (χ0n) is 11.2. The van der Waals surface area contributed by atoms with Gasteiger partial charge in [0, 0.05) is 18.8 Å². The topological polar surface area (TPSA) is 51.7 Å². The molecular weight excluding hydrogens is 232 g/mol. The molecule has 1 rings (SSSR count). The lowest BCUT2D eigenvalue weighted by Crippen LogP contribution is -2.28. The summed E-state index contributed by atoms with van der Waals surface area (Å²) in [5.41, 5.74) is 0.449. The highest BCUT2D eigenvalue weighted by atomic mass is 16.5. The fourth-order valence-electron chi connectivity index (χ4n) is 1.55. The number of hydrogen-bond donors (Lipinski definition) is 0. The van der Waals surface area contributed by atoms with Gasteiger partial charge in [-0.1, -0.05) is 13.8 Å². The zero-order valence-corrected chi connectivity index (χ0v) is 11.2.